The average Bonchev–Trinajstić information content (AvgIpc) is 2.55. The molecule has 1 N–H and O–H groups in total. The van der Waals surface area contributed by atoms with Gasteiger partial charge >= 0.3 is 5.97 Å². The zero-order chi connectivity index (χ0) is 17.7. The van der Waals surface area contributed by atoms with E-state index in [1.165, 1.54) is 0 Å². The minimum Gasteiger partial charge on any atom is -0.480 e. The third-order valence-electron chi connectivity index (χ3n) is 4.88. The quantitative estimate of drug-likeness (QED) is 0.869. The van der Waals surface area contributed by atoms with Crippen molar-refractivity contribution in [3.8, 4) is 0 Å². The number of aliphatic carboxylic acids is 1. The van der Waals surface area contributed by atoms with Gasteiger partial charge in [0.05, 0.1) is 12.5 Å². The molecule has 1 aliphatic rings. The van der Waals surface area contributed by atoms with Gasteiger partial charge in [-0.05, 0) is 31.4 Å². The highest BCUT2D eigenvalue weighted by Crippen LogP contribution is 2.28. The monoisotopic (exact) mass is 332 g/mol. The molecule has 1 aliphatic heterocycles. The molecule has 24 heavy (non-hydrogen) atoms. The van der Waals surface area contributed by atoms with E-state index < -0.39 is 5.97 Å². The predicted molar refractivity (Wildman–Crippen MR) is 93.9 cm³/mol. The Bertz CT molecular complexity index is 551. The van der Waals surface area contributed by atoms with Crippen LogP contribution in [0.25, 0.3) is 0 Å². The molecule has 2 rings (SSSR count). The summed E-state index contributed by atoms with van der Waals surface area (Å²) in [5.41, 5.74) is 1.07. The van der Waals surface area contributed by atoms with Crippen LogP contribution in [0.5, 0.6) is 0 Å². The van der Waals surface area contributed by atoms with E-state index in [2.05, 4.69) is 13.8 Å². The number of hydrogen-bond donors (Lipinski definition) is 1. The molecule has 1 amide bonds. The number of amides is 1. The standard InChI is InChI=1S/C19H28N2O3/c1-14(2)18(15-7-5-4-6-8-15)19(24)21-11-9-16(10-12-21)20(3)13-17(22)23/h4-8,14,16,18H,9-13H2,1-3H3,(H,22,23)/t18-/m0/s1. The van der Waals surface area contributed by atoms with E-state index in [9.17, 15) is 9.59 Å². The van der Waals surface area contributed by atoms with Gasteiger partial charge in [-0.3, -0.25) is 14.5 Å². The van der Waals surface area contributed by atoms with Gasteiger partial charge in [-0.2, -0.15) is 0 Å². The van der Waals surface area contributed by atoms with Gasteiger partial charge in [-0.1, -0.05) is 44.2 Å². The first-order chi connectivity index (χ1) is 11.4. The number of likely N-dealkylation sites (N-methyl/N-ethyl adjacent to an activating group) is 1. The van der Waals surface area contributed by atoms with Gasteiger partial charge in [0.2, 0.25) is 5.91 Å². The van der Waals surface area contributed by atoms with Gasteiger partial charge in [0.15, 0.2) is 0 Å². The Labute approximate surface area is 144 Å². The first-order valence-corrected chi connectivity index (χ1v) is 8.66. The van der Waals surface area contributed by atoms with Gasteiger partial charge in [0, 0.05) is 19.1 Å². The van der Waals surface area contributed by atoms with Crippen LogP contribution < -0.4 is 0 Å². The van der Waals surface area contributed by atoms with E-state index >= 15 is 0 Å². The van der Waals surface area contributed by atoms with Crippen LogP contribution in [-0.4, -0.2) is 59.5 Å². The maximum atomic E-state index is 13.0. The number of piperidine rings is 1. The number of hydrogen-bond acceptors (Lipinski definition) is 3. The summed E-state index contributed by atoms with van der Waals surface area (Å²) < 4.78 is 0. The second-order valence-electron chi connectivity index (χ2n) is 7.00. The Balaban J connectivity index is 1.99. The Morgan fingerprint density at radius 1 is 1.21 bits per heavy atom. The molecule has 1 aromatic rings. The number of carboxylic acid groups (broad SMARTS) is 1. The molecule has 1 heterocycles. The summed E-state index contributed by atoms with van der Waals surface area (Å²) in [7, 11) is 1.84. The second-order valence-corrected chi connectivity index (χ2v) is 7.00. The van der Waals surface area contributed by atoms with Crippen LogP contribution in [0, 0.1) is 5.92 Å². The largest absolute Gasteiger partial charge is 0.480 e. The molecular formula is C19H28N2O3. The predicted octanol–water partition coefficient (Wildman–Crippen LogP) is 2.43. The van der Waals surface area contributed by atoms with Crippen LogP contribution in [0.3, 0.4) is 0 Å². The minimum absolute atomic E-state index is 0.0528. The van der Waals surface area contributed by atoms with Crippen molar-refractivity contribution >= 4 is 11.9 Å². The summed E-state index contributed by atoms with van der Waals surface area (Å²) in [4.78, 5) is 27.7. The topological polar surface area (TPSA) is 60.9 Å². The van der Waals surface area contributed by atoms with Crippen molar-refractivity contribution in [2.24, 2.45) is 5.92 Å². The third kappa shape index (κ3) is 4.57. The first-order valence-electron chi connectivity index (χ1n) is 8.66. The van der Waals surface area contributed by atoms with Gasteiger partial charge in [0.25, 0.3) is 0 Å². The molecule has 0 spiro atoms. The molecular weight excluding hydrogens is 304 g/mol. The molecule has 5 nitrogen and oxygen atoms in total. The van der Waals surface area contributed by atoms with Crippen LogP contribution in [0.1, 0.15) is 38.2 Å². The number of carbonyl (C=O) groups is 2. The molecule has 0 aliphatic carbocycles. The van der Waals surface area contributed by atoms with Crippen molar-refractivity contribution in [2.45, 2.75) is 38.6 Å². The summed E-state index contributed by atoms with van der Waals surface area (Å²) >= 11 is 0. The fraction of sp³-hybridized carbons (Fsp3) is 0.579. The van der Waals surface area contributed by atoms with E-state index in [0.717, 1.165) is 18.4 Å². The lowest BCUT2D eigenvalue weighted by molar-refractivity contribution is -0.140. The number of nitrogens with zero attached hydrogens (tertiary/aromatic N) is 2. The van der Waals surface area contributed by atoms with Crippen LogP contribution >= 0.6 is 0 Å². The van der Waals surface area contributed by atoms with Crippen molar-refractivity contribution < 1.29 is 14.7 Å². The molecule has 0 aromatic heterocycles. The van der Waals surface area contributed by atoms with Crippen LogP contribution in [0.2, 0.25) is 0 Å². The molecule has 0 unspecified atom stereocenters. The highest BCUT2D eigenvalue weighted by Gasteiger charge is 2.32. The summed E-state index contributed by atoms with van der Waals surface area (Å²) in [6.07, 6.45) is 1.66. The molecule has 0 bridgehead atoms. The molecule has 1 aromatic carbocycles. The SMILES string of the molecule is CC(C)[C@H](C(=O)N1CCC(N(C)CC(=O)O)CC1)c1ccccc1. The minimum atomic E-state index is -0.806. The van der Waals surface area contributed by atoms with Gasteiger partial charge < -0.3 is 10.0 Å². The number of rotatable bonds is 6. The lowest BCUT2D eigenvalue weighted by atomic mass is 9.86. The summed E-state index contributed by atoms with van der Waals surface area (Å²) in [5, 5.41) is 8.91. The zero-order valence-electron chi connectivity index (χ0n) is 14.8. The summed E-state index contributed by atoms with van der Waals surface area (Å²) in [6.45, 7) is 5.62. The lowest BCUT2D eigenvalue weighted by Crippen LogP contribution is -2.48. The first kappa shape index (κ1) is 18.5. The molecule has 5 heteroatoms. The Kier molecular flexibility index (Phi) is 6.37. The van der Waals surface area contributed by atoms with Crippen molar-refractivity contribution in [3.63, 3.8) is 0 Å². The summed E-state index contributed by atoms with van der Waals surface area (Å²) in [6, 6.07) is 10.2. The maximum absolute atomic E-state index is 13.0. The molecule has 1 atom stereocenters. The van der Waals surface area contributed by atoms with Crippen molar-refractivity contribution in [2.75, 3.05) is 26.7 Å². The van der Waals surface area contributed by atoms with Crippen LogP contribution in [0.4, 0.5) is 0 Å². The second kappa shape index (κ2) is 8.29. The third-order valence-corrected chi connectivity index (χ3v) is 4.88. The molecule has 1 fully saturated rings. The van der Waals surface area contributed by atoms with E-state index in [-0.39, 0.29) is 30.3 Å². The van der Waals surface area contributed by atoms with Crippen LogP contribution in [0.15, 0.2) is 30.3 Å². The smallest absolute Gasteiger partial charge is 0.317 e. The van der Waals surface area contributed by atoms with Crippen molar-refractivity contribution in [1.82, 2.24) is 9.80 Å². The fourth-order valence-electron chi connectivity index (χ4n) is 3.54. The Morgan fingerprint density at radius 2 is 1.79 bits per heavy atom. The van der Waals surface area contributed by atoms with Crippen molar-refractivity contribution in [3.05, 3.63) is 35.9 Å². The molecule has 0 saturated carbocycles. The normalized spacial score (nSPS) is 17.3. The van der Waals surface area contributed by atoms with Crippen LogP contribution in [-0.2, 0) is 9.59 Å². The number of carboxylic acids is 1. The van der Waals surface area contributed by atoms with E-state index in [4.69, 9.17) is 5.11 Å². The fourth-order valence-corrected chi connectivity index (χ4v) is 3.54. The highest BCUT2D eigenvalue weighted by atomic mass is 16.4. The molecule has 132 valence electrons. The van der Waals surface area contributed by atoms with Crippen molar-refractivity contribution in [1.29, 1.82) is 0 Å². The highest BCUT2D eigenvalue weighted by molar-refractivity contribution is 5.84. The Hall–Kier alpha value is -1.88. The average molecular weight is 332 g/mol. The zero-order valence-corrected chi connectivity index (χ0v) is 14.8. The molecule has 1 saturated heterocycles. The lowest BCUT2D eigenvalue weighted by Gasteiger charge is -2.38. The van der Waals surface area contributed by atoms with E-state index in [1.54, 1.807) is 0 Å². The maximum Gasteiger partial charge on any atom is 0.317 e. The van der Waals surface area contributed by atoms with E-state index in [0.29, 0.717) is 13.1 Å². The number of benzene rings is 1. The number of likely N-dealkylation sites (tertiary alicyclic amines) is 1. The van der Waals surface area contributed by atoms with E-state index in [1.807, 2.05) is 47.2 Å². The van der Waals surface area contributed by atoms with Gasteiger partial charge in [-0.15, -0.1) is 0 Å². The number of carbonyl (C=O) groups excluding carboxylic acids is 1. The summed E-state index contributed by atoms with van der Waals surface area (Å²) in [5.74, 6) is -0.484. The Morgan fingerprint density at radius 3 is 2.29 bits per heavy atom. The van der Waals surface area contributed by atoms with Gasteiger partial charge in [0.1, 0.15) is 0 Å². The molecule has 0 radical (unpaired) electrons. The van der Waals surface area contributed by atoms with Gasteiger partial charge in [-0.25, -0.2) is 0 Å².